The molecule has 1 atom stereocenters. The second-order valence-corrected chi connectivity index (χ2v) is 4.19. The molecule has 0 aromatic carbocycles. The molecule has 0 saturated heterocycles. The van der Waals surface area contributed by atoms with Gasteiger partial charge in [0.15, 0.2) is 0 Å². The van der Waals surface area contributed by atoms with Gasteiger partial charge in [0.25, 0.3) is 0 Å². The molecule has 0 aromatic heterocycles. The Morgan fingerprint density at radius 2 is 1.85 bits per heavy atom. The highest BCUT2D eigenvalue weighted by Gasteiger charge is 2.02. The summed E-state index contributed by atoms with van der Waals surface area (Å²) in [6, 6.07) is 0. The molecule has 0 N–H and O–H groups in total. The highest BCUT2D eigenvalue weighted by molar-refractivity contribution is 5.32. The van der Waals surface area contributed by atoms with Crippen molar-refractivity contribution in [2.24, 2.45) is 16.8 Å². The zero-order chi connectivity index (χ0) is 10.1. The van der Waals surface area contributed by atoms with Crippen LogP contribution in [0.4, 0.5) is 0 Å². The van der Waals surface area contributed by atoms with E-state index < -0.39 is 0 Å². The van der Waals surface area contributed by atoms with Crippen molar-refractivity contribution in [1.29, 1.82) is 0 Å². The third kappa shape index (κ3) is 9.29. The molecule has 0 spiro atoms. The minimum absolute atomic E-state index is 0.645. The summed E-state index contributed by atoms with van der Waals surface area (Å²) in [5.74, 6) is 1.50. The van der Waals surface area contributed by atoms with E-state index in [1.807, 2.05) is 0 Å². The molecule has 0 bridgehead atoms. The normalized spacial score (nSPS) is 12.6. The van der Waals surface area contributed by atoms with Crippen LogP contribution in [-0.4, -0.2) is 12.6 Å². The van der Waals surface area contributed by atoms with E-state index in [4.69, 9.17) is 0 Å². The van der Waals surface area contributed by atoms with Gasteiger partial charge in [-0.1, -0.05) is 40.0 Å². The molecule has 0 rings (SSSR count). The van der Waals surface area contributed by atoms with E-state index in [1.165, 1.54) is 19.3 Å². The second-order valence-electron chi connectivity index (χ2n) is 4.19. The minimum atomic E-state index is 0.645. The molecule has 0 aliphatic rings. The van der Waals surface area contributed by atoms with Gasteiger partial charge in [-0.25, -0.2) is 9.79 Å². The average Bonchev–Trinajstić information content (AvgIpc) is 2.04. The molecule has 0 radical (unpaired) electrons. The summed E-state index contributed by atoms with van der Waals surface area (Å²) in [5, 5.41) is 0. The fourth-order valence-corrected chi connectivity index (χ4v) is 1.35. The minimum Gasteiger partial charge on any atom is -0.211 e. The molecule has 0 heterocycles. The van der Waals surface area contributed by atoms with Crippen LogP contribution in [-0.2, 0) is 4.79 Å². The van der Waals surface area contributed by atoms with Gasteiger partial charge in [0.1, 0.15) is 0 Å². The van der Waals surface area contributed by atoms with E-state index in [2.05, 4.69) is 25.8 Å². The Balaban J connectivity index is 3.29. The van der Waals surface area contributed by atoms with Crippen LogP contribution in [0.5, 0.6) is 0 Å². The van der Waals surface area contributed by atoms with Crippen LogP contribution in [0, 0.1) is 11.8 Å². The number of hydrogen-bond donors (Lipinski definition) is 0. The molecule has 0 amide bonds. The van der Waals surface area contributed by atoms with Crippen molar-refractivity contribution in [3.63, 3.8) is 0 Å². The first-order valence-electron chi connectivity index (χ1n) is 5.20. The fourth-order valence-electron chi connectivity index (χ4n) is 1.35. The molecule has 2 heteroatoms. The lowest BCUT2D eigenvalue weighted by molar-refractivity contribution is 0.440. The van der Waals surface area contributed by atoms with Gasteiger partial charge in [-0.3, -0.25) is 0 Å². The van der Waals surface area contributed by atoms with Gasteiger partial charge in [-0.2, -0.15) is 0 Å². The summed E-state index contributed by atoms with van der Waals surface area (Å²) >= 11 is 0. The van der Waals surface area contributed by atoms with Gasteiger partial charge in [0.2, 0.25) is 6.08 Å². The number of carbonyl (C=O) groups excluding carboxylic acids is 1. The SMILES string of the molecule is CC(C)CCC[C@H](C)CCN=C=O. The highest BCUT2D eigenvalue weighted by Crippen LogP contribution is 2.14. The van der Waals surface area contributed by atoms with Gasteiger partial charge in [-0.05, 0) is 18.3 Å². The first-order chi connectivity index (χ1) is 6.16. The average molecular weight is 183 g/mol. The Morgan fingerprint density at radius 1 is 1.15 bits per heavy atom. The summed E-state index contributed by atoms with van der Waals surface area (Å²) in [5.41, 5.74) is 0. The number of hydrogen-bond acceptors (Lipinski definition) is 2. The van der Waals surface area contributed by atoms with Crippen LogP contribution >= 0.6 is 0 Å². The molecule has 0 aliphatic heterocycles. The number of aliphatic imine (C=N–C) groups is 1. The first-order valence-corrected chi connectivity index (χ1v) is 5.20. The summed E-state index contributed by atoms with van der Waals surface area (Å²) in [6.07, 6.45) is 6.45. The summed E-state index contributed by atoms with van der Waals surface area (Å²) < 4.78 is 0. The van der Waals surface area contributed by atoms with Gasteiger partial charge in [0.05, 0.1) is 6.54 Å². The van der Waals surface area contributed by atoms with Crippen LogP contribution in [0.1, 0.15) is 46.5 Å². The lowest BCUT2D eigenvalue weighted by Crippen LogP contribution is -1.98. The smallest absolute Gasteiger partial charge is 0.211 e. The molecule has 76 valence electrons. The standard InChI is InChI=1S/C11H21NO/c1-10(2)5-4-6-11(3)7-8-12-9-13/h10-11H,4-8H2,1-3H3/t11-/m0/s1. The lowest BCUT2D eigenvalue weighted by atomic mass is 9.97. The number of nitrogens with zero attached hydrogens (tertiary/aromatic N) is 1. The maximum atomic E-state index is 9.80. The second kappa shape index (κ2) is 8.00. The van der Waals surface area contributed by atoms with Crippen molar-refractivity contribution in [3.8, 4) is 0 Å². The molecule has 0 aromatic rings. The summed E-state index contributed by atoms with van der Waals surface area (Å²) in [4.78, 5) is 13.3. The van der Waals surface area contributed by atoms with E-state index >= 15 is 0 Å². The maximum Gasteiger partial charge on any atom is 0.234 e. The molecular weight excluding hydrogens is 162 g/mol. The van der Waals surface area contributed by atoms with Crippen molar-refractivity contribution in [2.45, 2.75) is 46.5 Å². The number of rotatable bonds is 7. The largest absolute Gasteiger partial charge is 0.234 e. The quantitative estimate of drug-likeness (QED) is 0.440. The fraction of sp³-hybridized carbons (Fsp3) is 0.909. The molecule has 0 unspecified atom stereocenters. The molecule has 0 aliphatic carbocycles. The Morgan fingerprint density at radius 3 is 2.38 bits per heavy atom. The van der Waals surface area contributed by atoms with Gasteiger partial charge in [0, 0.05) is 0 Å². The third-order valence-corrected chi connectivity index (χ3v) is 2.28. The maximum absolute atomic E-state index is 9.80. The number of isocyanates is 1. The predicted molar refractivity (Wildman–Crippen MR) is 55.5 cm³/mol. The van der Waals surface area contributed by atoms with E-state index in [0.29, 0.717) is 12.5 Å². The third-order valence-electron chi connectivity index (χ3n) is 2.28. The Bertz CT molecular complexity index is 159. The van der Waals surface area contributed by atoms with Crippen LogP contribution in [0.2, 0.25) is 0 Å². The van der Waals surface area contributed by atoms with Gasteiger partial charge >= 0.3 is 0 Å². The molecule has 0 fully saturated rings. The van der Waals surface area contributed by atoms with E-state index in [1.54, 1.807) is 6.08 Å². The lowest BCUT2D eigenvalue weighted by Gasteiger charge is -2.09. The van der Waals surface area contributed by atoms with Crippen molar-refractivity contribution in [2.75, 3.05) is 6.54 Å². The monoisotopic (exact) mass is 183 g/mol. The molecule has 13 heavy (non-hydrogen) atoms. The predicted octanol–water partition coefficient (Wildman–Crippen LogP) is 3.17. The Labute approximate surface area is 81.4 Å². The van der Waals surface area contributed by atoms with Crippen molar-refractivity contribution < 1.29 is 4.79 Å². The van der Waals surface area contributed by atoms with E-state index in [-0.39, 0.29) is 0 Å². The van der Waals surface area contributed by atoms with E-state index in [9.17, 15) is 4.79 Å². The van der Waals surface area contributed by atoms with Crippen molar-refractivity contribution in [1.82, 2.24) is 0 Å². The van der Waals surface area contributed by atoms with Gasteiger partial charge < -0.3 is 0 Å². The van der Waals surface area contributed by atoms with Crippen LogP contribution in [0.15, 0.2) is 4.99 Å². The Hall–Kier alpha value is -0.620. The Kier molecular flexibility index (Phi) is 7.62. The summed E-state index contributed by atoms with van der Waals surface area (Å²) in [6.45, 7) is 7.37. The van der Waals surface area contributed by atoms with E-state index in [0.717, 1.165) is 12.3 Å². The summed E-state index contributed by atoms with van der Waals surface area (Å²) in [7, 11) is 0. The van der Waals surface area contributed by atoms with Crippen LogP contribution < -0.4 is 0 Å². The van der Waals surface area contributed by atoms with Crippen LogP contribution in [0.25, 0.3) is 0 Å². The molecule has 0 saturated carbocycles. The first kappa shape index (κ1) is 12.4. The topological polar surface area (TPSA) is 29.4 Å². The molecular formula is C11H21NO. The van der Waals surface area contributed by atoms with Crippen molar-refractivity contribution in [3.05, 3.63) is 0 Å². The zero-order valence-corrected chi connectivity index (χ0v) is 9.05. The highest BCUT2D eigenvalue weighted by atomic mass is 16.1. The van der Waals surface area contributed by atoms with Crippen molar-refractivity contribution >= 4 is 6.08 Å². The van der Waals surface area contributed by atoms with Gasteiger partial charge in [-0.15, -0.1) is 0 Å². The van der Waals surface area contributed by atoms with Crippen LogP contribution in [0.3, 0.4) is 0 Å². The molecule has 2 nitrogen and oxygen atoms in total. The zero-order valence-electron chi connectivity index (χ0n) is 9.05.